The van der Waals surface area contributed by atoms with E-state index in [4.69, 9.17) is 19.4 Å². The van der Waals surface area contributed by atoms with E-state index < -0.39 is 15.4 Å². The summed E-state index contributed by atoms with van der Waals surface area (Å²) in [5.74, 6) is 0.416. The third kappa shape index (κ3) is 4.89. The van der Waals surface area contributed by atoms with Crippen LogP contribution in [0.5, 0.6) is 5.75 Å². The lowest BCUT2D eigenvalue weighted by Gasteiger charge is -2.16. The van der Waals surface area contributed by atoms with Gasteiger partial charge in [0, 0.05) is 26.9 Å². The fourth-order valence-corrected chi connectivity index (χ4v) is 2.77. The second kappa shape index (κ2) is 6.66. The molecule has 0 spiro atoms. The Morgan fingerprint density at radius 2 is 1.95 bits per heavy atom. The molecule has 0 radical (unpaired) electrons. The molecule has 0 atom stereocenters. The monoisotopic (exact) mass is 307 g/mol. The molecular weight excluding hydrogens is 285 g/mol. The van der Waals surface area contributed by atoms with Crippen molar-refractivity contribution in [1.29, 1.82) is 0 Å². The van der Waals surface area contributed by atoms with Crippen LogP contribution in [0.2, 0.25) is 25.7 Å². The maximum absolute atomic E-state index is 8.85. The molecule has 114 valence electrons. The van der Waals surface area contributed by atoms with Crippen molar-refractivity contribution >= 4 is 26.3 Å². The summed E-state index contributed by atoms with van der Waals surface area (Å²) in [7, 11) is -2.88. The molecule has 0 unspecified atom stereocenters. The first-order valence-corrected chi connectivity index (χ1v) is 10.8. The molecule has 0 bridgehead atoms. The second-order valence-electron chi connectivity index (χ2n) is 6.30. The molecule has 21 heavy (non-hydrogen) atoms. The van der Waals surface area contributed by atoms with Crippen molar-refractivity contribution in [2.75, 3.05) is 6.61 Å². The number of benzene rings is 1. The Bertz CT molecular complexity index is 594. The highest BCUT2D eigenvalue weighted by atomic mass is 28.3. The number of nitrogens with zero attached hydrogens (tertiary/aromatic N) is 1. The lowest BCUT2D eigenvalue weighted by molar-refractivity contribution is 0.0902. The van der Waals surface area contributed by atoms with E-state index in [0.717, 1.165) is 23.6 Å². The number of fused-ring (bicyclic) bond motifs is 1. The average Bonchev–Trinajstić information content (AvgIpc) is 2.75. The predicted octanol–water partition coefficient (Wildman–Crippen LogP) is 2.30. The van der Waals surface area contributed by atoms with Gasteiger partial charge in [-0.3, -0.25) is 0 Å². The molecule has 0 fully saturated rings. The van der Waals surface area contributed by atoms with E-state index in [1.54, 1.807) is 12.1 Å². The minimum absolute atomic E-state index is 0.416. The van der Waals surface area contributed by atoms with Gasteiger partial charge in [0.2, 0.25) is 0 Å². The zero-order chi connectivity index (χ0) is 15.5. The SMILES string of the molecule is C[Si](C)(C)CCOCn1ccc2ccc(OB(O)O)cc21. The van der Waals surface area contributed by atoms with Crippen molar-refractivity contribution in [3.05, 3.63) is 30.5 Å². The maximum Gasteiger partial charge on any atom is 0.707 e. The zero-order valence-electron chi connectivity index (χ0n) is 12.7. The molecule has 0 aliphatic heterocycles. The second-order valence-corrected chi connectivity index (χ2v) is 11.9. The van der Waals surface area contributed by atoms with Crippen LogP contribution in [0, 0.1) is 0 Å². The van der Waals surface area contributed by atoms with Gasteiger partial charge < -0.3 is 24.0 Å². The van der Waals surface area contributed by atoms with Gasteiger partial charge in [-0.2, -0.15) is 0 Å². The average molecular weight is 307 g/mol. The van der Waals surface area contributed by atoms with Gasteiger partial charge in [-0.25, -0.2) is 0 Å². The van der Waals surface area contributed by atoms with E-state index in [1.807, 2.05) is 22.9 Å². The van der Waals surface area contributed by atoms with E-state index in [2.05, 4.69) is 19.6 Å². The Hall–Kier alpha value is -1.28. The summed E-state index contributed by atoms with van der Waals surface area (Å²) in [5, 5.41) is 18.8. The van der Waals surface area contributed by atoms with Gasteiger partial charge in [0.15, 0.2) is 0 Å². The summed E-state index contributed by atoms with van der Waals surface area (Å²) in [6, 6.07) is 8.49. The van der Waals surface area contributed by atoms with Gasteiger partial charge >= 0.3 is 7.32 Å². The molecule has 0 aliphatic carbocycles. The predicted molar refractivity (Wildman–Crippen MR) is 86.9 cm³/mol. The number of aromatic nitrogens is 1. The van der Waals surface area contributed by atoms with Crippen LogP contribution in [-0.2, 0) is 11.5 Å². The molecule has 0 amide bonds. The first kappa shape index (κ1) is 16.1. The Morgan fingerprint density at radius 3 is 2.62 bits per heavy atom. The van der Waals surface area contributed by atoms with Gasteiger partial charge in [-0.05, 0) is 29.6 Å². The summed E-state index contributed by atoms with van der Waals surface area (Å²) in [6.45, 7) is 8.22. The first-order valence-electron chi connectivity index (χ1n) is 7.05. The van der Waals surface area contributed by atoms with Gasteiger partial charge in [-0.1, -0.05) is 19.6 Å². The van der Waals surface area contributed by atoms with Crippen LogP contribution in [0.25, 0.3) is 10.9 Å². The Balaban J connectivity index is 2.02. The lowest BCUT2D eigenvalue weighted by Crippen LogP contribution is -2.22. The highest BCUT2D eigenvalue weighted by Crippen LogP contribution is 2.22. The van der Waals surface area contributed by atoms with E-state index in [0.29, 0.717) is 12.5 Å². The summed E-state index contributed by atoms with van der Waals surface area (Å²) in [6.07, 6.45) is 1.96. The topological polar surface area (TPSA) is 63.9 Å². The molecule has 0 saturated carbocycles. The van der Waals surface area contributed by atoms with Crippen molar-refractivity contribution < 1.29 is 19.4 Å². The smallest absolute Gasteiger partial charge is 0.512 e. The van der Waals surface area contributed by atoms with Crippen molar-refractivity contribution in [3.8, 4) is 5.75 Å². The lowest BCUT2D eigenvalue weighted by atomic mass is 10.2. The van der Waals surface area contributed by atoms with Gasteiger partial charge in [0.1, 0.15) is 12.5 Å². The van der Waals surface area contributed by atoms with Crippen LogP contribution in [0.1, 0.15) is 0 Å². The molecule has 1 heterocycles. The van der Waals surface area contributed by atoms with Gasteiger partial charge in [0.25, 0.3) is 0 Å². The minimum Gasteiger partial charge on any atom is -0.512 e. The van der Waals surface area contributed by atoms with Crippen LogP contribution >= 0.6 is 0 Å². The van der Waals surface area contributed by atoms with Crippen molar-refractivity contribution in [2.45, 2.75) is 32.4 Å². The Labute approximate surface area is 126 Å². The standard InChI is InChI=1S/C14H22BNO4Si/c1-21(2,3)9-8-19-11-16-7-6-12-4-5-13(10-14(12)16)20-15(17)18/h4-7,10,17-18H,8-9,11H2,1-3H3. The molecule has 5 nitrogen and oxygen atoms in total. The molecule has 0 saturated heterocycles. The molecule has 2 N–H and O–H groups in total. The van der Waals surface area contributed by atoms with E-state index >= 15 is 0 Å². The molecule has 1 aromatic carbocycles. The molecular formula is C14H22BNO4Si. The van der Waals surface area contributed by atoms with Crippen molar-refractivity contribution in [1.82, 2.24) is 4.57 Å². The van der Waals surface area contributed by atoms with Gasteiger partial charge in [-0.15, -0.1) is 0 Å². The summed E-state index contributed by atoms with van der Waals surface area (Å²) in [5.41, 5.74) is 0.946. The Kier molecular flexibility index (Phi) is 5.10. The van der Waals surface area contributed by atoms with E-state index in [9.17, 15) is 0 Å². The summed E-state index contributed by atoms with van der Waals surface area (Å²) < 4.78 is 12.6. The molecule has 0 aliphatic rings. The van der Waals surface area contributed by atoms with Crippen LogP contribution < -0.4 is 4.65 Å². The molecule has 2 aromatic rings. The van der Waals surface area contributed by atoms with Crippen LogP contribution in [0.15, 0.2) is 30.5 Å². The zero-order valence-corrected chi connectivity index (χ0v) is 13.7. The highest BCUT2D eigenvalue weighted by molar-refractivity contribution is 6.76. The normalized spacial score (nSPS) is 11.9. The summed E-state index contributed by atoms with van der Waals surface area (Å²) in [4.78, 5) is 0. The van der Waals surface area contributed by atoms with E-state index in [-0.39, 0.29) is 0 Å². The molecule has 1 aromatic heterocycles. The fourth-order valence-electron chi connectivity index (χ4n) is 2.01. The molecule has 2 rings (SSSR count). The van der Waals surface area contributed by atoms with Crippen molar-refractivity contribution in [2.24, 2.45) is 0 Å². The third-order valence-electron chi connectivity index (χ3n) is 3.21. The first-order chi connectivity index (χ1) is 9.85. The number of ether oxygens (including phenoxy) is 1. The number of hydrogen-bond donors (Lipinski definition) is 2. The van der Waals surface area contributed by atoms with E-state index in [1.165, 1.54) is 0 Å². The number of rotatable bonds is 7. The number of hydrogen-bond acceptors (Lipinski definition) is 4. The van der Waals surface area contributed by atoms with Crippen LogP contribution in [0.4, 0.5) is 0 Å². The largest absolute Gasteiger partial charge is 0.707 e. The van der Waals surface area contributed by atoms with Crippen LogP contribution in [0.3, 0.4) is 0 Å². The maximum atomic E-state index is 8.85. The van der Waals surface area contributed by atoms with Crippen LogP contribution in [-0.4, -0.2) is 36.6 Å². The summed E-state index contributed by atoms with van der Waals surface area (Å²) >= 11 is 0. The fraction of sp³-hybridized carbons (Fsp3) is 0.429. The molecule has 7 heteroatoms. The Morgan fingerprint density at radius 1 is 1.19 bits per heavy atom. The van der Waals surface area contributed by atoms with Crippen molar-refractivity contribution in [3.63, 3.8) is 0 Å². The highest BCUT2D eigenvalue weighted by Gasteiger charge is 2.13. The quantitative estimate of drug-likeness (QED) is 0.608. The minimum atomic E-state index is -1.81. The third-order valence-corrected chi connectivity index (χ3v) is 4.92. The van der Waals surface area contributed by atoms with Gasteiger partial charge in [0.05, 0.1) is 5.52 Å².